The summed E-state index contributed by atoms with van der Waals surface area (Å²) in [6.07, 6.45) is 0.324. The van der Waals surface area contributed by atoms with Crippen LogP contribution in [0.5, 0.6) is 0 Å². The number of hydroxylamine groups is 2. The van der Waals surface area contributed by atoms with Crippen LogP contribution in [0.3, 0.4) is 0 Å². The number of hydrogen-bond donors (Lipinski definition) is 1. The van der Waals surface area contributed by atoms with Crippen molar-refractivity contribution < 1.29 is 52.0 Å². The predicted octanol–water partition coefficient (Wildman–Crippen LogP) is 0.890. The van der Waals surface area contributed by atoms with Crippen LogP contribution < -0.4 is 11.1 Å². The molecule has 5 amide bonds. The molecule has 2 rings (SSSR count). The van der Waals surface area contributed by atoms with E-state index in [2.05, 4.69) is 5.32 Å². The number of nitrogens with one attached hydrogen (secondary N) is 1. The van der Waals surface area contributed by atoms with Gasteiger partial charge in [-0.15, -0.1) is 5.06 Å². The van der Waals surface area contributed by atoms with Crippen molar-refractivity contribution in [2.24, 2.45) is 0 Å². The van der Waals surface area contributed by atoms with Crippen molar-refractivity contribution >= 4 is 52.6 Å². The molecule has 0 saturated carbocycles. The molecule has 1 N–H and O–H groups in total. The lowest BCUT2D eigenvalue weighted by molar-refractivity contribution is -0.198. The van der Waals surface area contributed by atoms with Crippen LogP contribution in [0, 0.1) is 6.92 Å². The number of thioether (sulfide) groups is 1. The molecule has 0 aromatic carbocycles. The van der Waals surface area contributed by atoms with E-state index in [0.29, 0.717) is 23.7 Å². The number of aryl methyl sites for hydroxylation is 1. The van der Waals surface area contributed by atoms with Gasteiger partial charge in [0.2, 0.25) is 11.8 Å². The molecule has 43 heavy (non-hydrogen) atoms. The summed E-state index contributed by atoms with van der Waals surface area (Å²) in [5.74, 6) is -3.68. The Morgan fingerprint density at radius 3 is 2.30 bits per heavy atom. The highest BCUT2D eigenvalue weighted by atomic mass is 32.2. The normalized spacial score (nSPS) is 13.4. The van der Waals surface area contributed by atoms with Gasteiger partial charge in [-0.3, -0.25) is 24.0 Å². The van der Waals surface area contributed by atoms with Crippen LogP contribution in [-0.2, 0) is 44.9 Å². The smallest absolute Gasteiger partial charge is 0.441 e. The van der Waals surface area contributed by atoms with Crippen LogP contribution in [0.15, 0.2) is 13.6 Å². The van der Waals surface area contributed by atoms with Crippen molar-refractivity contribution in [1.82, 2.24) is 20.2 Å². The van der Waals surface area contributed by atoms with Crippen LogP contribution >= 0.6 is 11.8 Å². The fourth-order valence-electron chi connectivity index (χ4n) is 3.78. The molecule has 2 heterocycles. The molecule has 1 aromatic rings. The molecule has 0 aliphatic carbocycles. The van der Waals surface area contributed by atoms with E-state index in [4.69, 9.17) is 18.4 Å². The molecule has 0 spiro atoms. The minimum atomic E-state index is -1.34. The summed E-state index contributed by atoms with van der Waals surface area (Å²) in [7, 11) is 2.74. The summed E-state index contributed by atoms with van der Waals surface area (Å²) in [5, 5.41) is 2.92. The topological polar surface area (TPSA) is 203 Å². The summed E-state index contributed by atoms with van der Waals surface area (Å²) in [4.78, 5) is 104. The number of rotatable bonds is 16. The fraction of sp³-hybridized carbons (Fsp3) is 0.615. The van der Waals surface area contributed by atoms with E-state index in [0.717, 1.165) is 16.2 Å². The third kappa shape index (κ3) is 11.6. The van der Waals surface area contributed by atoms with Gasteiger partial charge in [0.25, 0.3) is 11.8 Å². The van der Waals surface area contributed by atoms with Crippen molar-refractivity contribution in [1.29, 1.82) is 0 Å². The van der Waals surface area contributed by atoms with Gasteiger partial charge in [0, 0.05) is 59.1 Å². The summed E-state index contributed by atoms with van der Waals surface area (Å²) < 4.78 is 14.5. The van der Waals surface area contributed by atoms with Gasteiger partial charge in [0.05, 0.1) is 6.42 Å². The summed E-state index contributed by atoms with van der Waals surface area (Å²) in [5.41, 5.74) is 0. The van der Waals surface area contributed by atoms with Gasteiger partial charge >= 0.3 is 17.9 Å². The fourth-order valence-corrected chi connectivity index (χ4v) is 4.42. The molecule has 1 aliphatic heterocycles. The zero-order valence-electron chi connectivity index (χ0n) is 24.5. The van der Waals surface area contributed by atoms with Gasteiger partial charge in [-0.2, -0.15) is 0 Å². The second-order valence-corrected chi connectivity index (χ2v) is 10.9. The maximum absolute atomic E-state index is 13.1. The van der Waals surface area contributed by atoms with Crippen molar-refractivity contribution in [3.05, 3.63) is 22.1 Å². The third-order valence-electron chi connectivity index (χ3n) is 6.28. The second-order valence-electron chi connectivity index (χ2n) is 9.62. The quantitative estimate of drug-likeness (QED) is 0.200. The highest BCUT2D eigenvalue weighted by Gasteiger charge is 2.35. The molecule has 1 fully saturated rings. The Morgan fingerprint density at radius 1 is 1.02 bits per heavy atom. The average molecular weight is 629 g/mol. The molecule has 17 heteroatoms. The third-order valence-corrected chi connectivity index (χ3v) is 7.18. The van der Waals surface area contributed by atoms with Crippen molar-refractivity contribution in [3.63, 3.8) is 0 Å². The number of imide groups is 1. The molecule has 1 aromatic heterocycles. The number of carbonyl (C=O) groups is 7. The van der Waals surface area contributed by atoms with E-state index in [-0.39, 0.29) is 55.6 Å². The van der Waals surface area contributed by atoms with Gasteiger partial charge in [-0.1, -0.05) is 18.2 Å². The number of unbranched alkanes of at least 4 members (excludes halogenated alkanes) is 2. The lowest BCUT2D eigenvalue weighted by Crippen LogP contribution is -2.50. The van der Waals surface area contributed by atoms with Gasteiger partial charge < -0.3 is 33.5 Å². The van der Waals surface area contributed by atoms with Crippen molar-refractivity contribution in [2.75, 3.05) is 32.9 Å². The van der Waals surface area contributed by atoms with Crippen LogP contribution in [0.1, 0.15) is 63.4 Å². The summed E-state index contributed by atoms with van der Waals surface area (Å²) in [6.45, 7) is 2.49. The first-order valence-electron chi connectivity index (χ1n) is 13.5. The molecular weight excluding hydrogens is 592 g/mol. The maximum atomic E-state index is 13.1. The monoisotopic (exact) mass is 628 g/mol. The number of ether oxygens (including phenoxy) is 1. The van der Waals surface area contributed by atoms with E-state index in [1.54, 1.807) is 0 Å². The van der Waals surface area contributed by atoms with E-state index >= 15 is 0 Å². The SMILES string of the molecule is CC(=O)SCCCCCC(=O)N(C)[C@@H](CC(=O)ON1C(=O)CCC1=O)C(=O)NCCN(C)C(=O)OCc1oc(=O)oc1C. The Labute approximate surface area is 251 Å². The molecule has 1 atom stereocenters. The lowest BCUT2D eigenvalue weighted by atomic mass is 10.1. The maximum Gasteiger partial charge on any atom is 0.519 e. The van der Waals surface area contributed by atoms with Crippen LogP contribution in [-0.4, -0.2) is 94.6 Å². The lowest BCUT2D eigenvalue weighted by Gasteiger charge is -2.27. The minimum absolute atomic E-state index is 0.0103. The highest BCUT2D eigenvalue weighted by molar-refractivity contribution is 8.13. The van der Waals surface area contributed by atoms with Crippen LogP contribution in [0.4, 0.5) is 4.79 Å². The average Bonchev–Trinajstić information content (AvgIpc) is 3.44. The highest BCUT2D eigenvalue weighted by Crippen LogP contribution is 2.16. The molecular formula is C26H36N4O12S. The first kappa shape index (κ1) is 35.0. The zero-order chi connectivity index (χ0) is 32.1. The van der Waals surface area contributed by atoms with Crippen LogP contribution in [0.2, 0.25) is 0 Å². The van der Waals surface area contributed by atoms with Gasteiger partial charge in [0.15, 0.2) is 23.2 Å². The zero-order valence-corrected chi connectivity index (χ0v) is 25.3. The van der Waals surface area contributed by atoms with E-state index in [1.165, 1.54) is 39.7 Å². The molecule has 16 nitrogen and oxygen atoms in total. The van der Waals surface area contributed by atoms with E-state index in [1.807, 2.05) is 0 Å². The number of likely N-dealkylation sites (N-methyl/N-ethyl adjacent to an activating group) is 2. The Hall–Kier alpha value is -4.15. The molecule has 0 unspecified atom stereocenters. The van der Waals surface area contributed by atoms with Crippen molar-refractivity contribution in [3.8, 4) is 0 Å². The first-order chi connectivity index (χ1) is 20.3. The molecule has 238 valence electrons. The molecule has 0 radical (unpaired) electrons. The Bertz CT molecular complexity index is 1240. The van der Waals surface area contributed by atoms with Crippen molar-refractivity contribution in [2.45, 2.75) is 71.4 Å². The van der Waals surface area contributed by atoms with Crippen LogP contribution in [0.25, 0.3) is 0 Å². The predicted molar refractivity (Wildman–Crippen MR) is 148 cm³/mol. The van der Waals surface area contributed by atoms with Gasteiger partial charge in [-0.05, 0) is 19.8 Å². The molecule has 1 aliphatic rings. The Morgan fingerprint density at radius 2 is 1.70 bits per heavy atom. The standard InChI is InChI=1S/C26H36N4O12S/c1-16-19(41-26(38)40-16)15-39-25(37)28(3)12-11-27-24(36)18(14-23(35)42-30-21(33)9-10-22(30)34)29(4)20(32)8-6-5-7-13-43-17(2)31/h18H,5-15H2,1-4H3,(H,27,36)/t18-/m0/s1. The molecule has 1 saturated heterocycles. The second kappa shape index (κ2) is 17.1. The Balaban J connectivity index is 1.93. The number of nitrogens with zero attached hydrogens (tertiary/aromatic N) is 3. The molecule has 0 bridgehead atoms. The summed E-state index contributed by atoms with van der Waals surface area (Å²) in [6, 6.07) is -1.34. The largest absolute Gasteiger partial charge is 0.519 e. The summed E-state index contributed by atoms with van der Waals surface area (Å²) >= 11 is 1.20. The number of carbonyl (C=O) groups excluding carboxylic acids is 7. The minimum Gasteiger partial charge on any atom is -0.441 e. The van der Waals surface area contributed by atoms with E-state index < -0.39 is 54.0 Å². The first-order valence-corrected chi connectivity index (χ1v) is 14.5. The number of hydrogen-bond acceptors (Lipinski definition) is 13. The Kier molecular flexibility index (Phi) is 13.9. The number of amides is 5. The van der Waals surface area contributed by atoms with Gasteiger partial charge in [0.1, 0.15) is 6.04 Å². The van der Waals surface area contributed by atoms with E-state index in [9.17, 15) is 38.4 Å². The van der Waals surface area contributed by atoms with Gasteiger partial charge in [-0.25, -0.2) is 14.4 Å².